The lowest BCUT2D eigenvalue weighted by atomic mass is 10.1. The van der Waals surface area contributed by atoms with Crippen LogP contribution < -0.4 is 5.32 Å². The number of aromatic nitrogens is 3. The first-order chi connectivity index (χ1) is 16.0. The maximum atomic E-state index is 13.5. The number of carbonyl (C=O) groups is 2. The molecule has 3 aromatic heterocycles. The minimum absolute atomic E-state index is 0.0880. The summed E-state index contributed by atoms with van der Waals surface area (Å²) >= 11 is 3.21. The van der Waals surface area contributed by atoms with E-state index in [0.29, 0.717) is 24.5 Å². The Bertz CT molecular complexity index is 1350. The Kier molecular flexibility index (Phi) is 5.90. The zero-order valence-corrected chi connectivity index (χ0v) is 19.9. The van der Waals surface area contributed by atoms with Gasteiger partial charge in [0, 0.05) is 25.0 Å². The molecule has 1 aromatic carbocycles. The van der Waals surface area contributed by atoms with Crippen molar-refractivity contribution in [2.45, 2.75) is 19.2 Å². The third-order valence-electron chi connectivity index (χ3n) is 5.55. The van der Waals surface area contributed by atoms with Crippen molar-refractivity contribution in [3.63, 3.8) is 0 Å². The average Bonchev–Trinajstić information content (AvgIpc) is 3.55. The molecule has 1 aliphatic rings. The molecule has 4 aromatic rings. The van der Waals surface area contributed by atoms with Gasteiger partial charge in [0.05, 0.1) is 21.5 Å². The van der Waals surface area contributed by atoms with Gasteiger partial charge >= 0.3 is 0 Å². The molecule has 1 N–H and O–H groups in total. The number of hydrogen-bond donors (Lipinski definition) is 1. The summed E-state index contributed by atoms with van der Waals surface area (Å²) in [6.07, 6.45) is 3.39. The van der Waals surface area contributed by atoms with Gasteiger partial charge in [0.1, 0.15) is 17.0 Å². The summed E-state index contributed by atoms with van der Waals surface area (Å²) in [5.41, 5.74) is 3.83. The van der Waals surface area contributed by atoms with Crippen molar-refractivity contribution in [1.29, 1.82) is 0 Å². The van der Waals surface area contributed by atoms with Crippen molar-refractivity contribution in [2.24, 2.45) is 0 Å². The number of pyridine rings is 1. The molecule has 2 amide bonds. The molecule has 1 aliphatic heterocycles. The third-order valence-corrected chi connectivity index (χ3v) is 7.80. The highest BCUT2D eigenvalue weighted by Crippen LogP contribution is 2.33. The second-order valence-corrected chi connectivity index (χ2v) is 10.4. The van der Waals surface area contributed by atoms with Gasteiger partial charge in [0.2, 0.25) is 0 Å². The molecular weight excluding hydrogens is 454 g/mol. The molecule has 5 rings (SSSR count). The van der Waals surface area contributed by atoms with E-state index in [2.05, 4.69) is 21.4 Å². The third kappa shape index (κ3) is 4.26. The minimum atomic E-state index is -0.210. The van der Waals surface area contributed by atoms with Crippen LogP contribution in [0.2, 0.25) is 0 Å². The molecule has 0 saturated carbocycles. The van der Waals surface area contributed by atoms with Gasteiger partial charge in [-0.05, 0) is 31.5 Å². The molecule has 0 bridgehead atoms. The van der Waals surface area contributed by atoms with Gasteiger partial charge < -0.3 is 10.2 Å². The first-order valence-corrected chi connectivity index (χ1v) is 12.5. The highest BCUT2D eigenvalue weighted by molar-refractivity contribution is 8.00. The molecule has 1 unspecified atom stereocenters. The lowest BCUT2D eigenvalue weighted by Crippen LogP contribution is -2.42. The predicted octanol–water partition coefficient (Wildman–Crippen LogP) is 4.02. The van der Waals surface area contributed by atoms with Gasteiger partial charge in [-0.25, -0.2) is 9.97 Å². The van der Waals surface area contributed by atoms with Crippen molar-refractivity contribution in [3.05, 3.63) is 76.8 Å². The molecule has 33 heavy (non-hydrogen) atoms. The Morgan fingerprint density at radius 2 is 2.06 bits per heavy atom. The number of nitrogens with one attached hydrogen (secondary N) is 1. The number of imidazole rings is 1. The van der Waals surface area contributed by atoms with Crippen LogP contribution in [-0.4, -0.2) is 55.3 Å². The van der Waals surface area contributed by atoms with E-state index in [1.54, 1.807) is 22.4 Å². The van der Waals surface area contributed by atoms with Crippen LogP contribution in [0.5, 0.6) is 0 Å². The number of benzene rings is 1. The summed E-state index contributed by atoms with van der Waals surface area (Å²) in [6, 6.07) is 13.7. The van der Waals surface area contributed by atoms with Gasteiger partial charge in [-0.1, -0.05) is 35.9 Å². The van der Waals surface area contributed by atoms with Crippen molar-refractivity contribution in [1.82, 2.24) is 24.6 Å². The zero-order valence-electron chi connectivity index (χ0n) is 18.3. The number of nitrogens with zero attached hydrogens (tertiary/aromatic N) is 4. The molecule has 0 aliphatic carbocycles. The molecule has 168 valence electrons. The van der Waals surface area contributed by atoms with Crippen LogP contribution >= 0.6 is 23.1 Å². The normalized spacial score (nSPS) is 15.8. The van der Waals surface area contributed by atoms with Gasteiger partial charge in [0.15, 0.2) is 0 Å². The van der Waals surface area contributed by atoms with Crippen molar-refractivity contribution in [3.8, 4) is 10.4 Å². The van der Waals surface area contributed by atoms with Gasteiger partial charge in [-0.2, -0.15) is 0 Å². The summed E-state index contributed by atoms with van der Waals surface area (Å²) in [5.74, 6) is 0.526. The Morgan fingerprint density at radius 1 is 1.18 bits per heavy atom. The quantitative estimate of drug-likeness (QED) is 0.470. The van der Waals surface area contributed by atoms with Crippen LogP contribution in [0.25, 0.3) is 16.1 Å². The summed E-state index contributed by atoms with van der Waals surface area (Å²) in [4.78, 5) is 37.9. The number of carbonyl (C=O) groups excluding carboxylic acids is 2. The molecule has 0 spiro atoms. The second-order valence-electron chi connectivity index (χ2n) is 7.89. The Morgan fingerprint density at radius 3 is 2.91 bits per heavy atom. The van der Waals surface area contributed by atoms with Gasteiger partial charge in [-0.3, -0.25) is 14.0 Å². The lowest BCUT2D eigenvalue weighted by molar-refractivity contribution is 0.0746. The number of fused-ring (bicyclic) bond motifs is 1. The standard InChI is InChI=1S/C24H23N5O2S2/c1-15-6-5-7-17(12-15)22-21(27-16(2)33-22)24(31)29-10-11-32-20(29)14-26-23(30)18-13-25-19-8-3-4-9-28(18)19/h3-9,12-13,20H,10-11,14H2,1-2H3,(H,26,30). The van der Waals surface area contributed by atoms with E-state index in [9.17, 15) is 9.59 Å². The number of thioether (sulfide) groups is 1. The molecule has 1 saturated heterocycles. The van der Waals surface area contributed by atoms with Crippen LogP contribution in [0.1, 0.15) is 31.5 Å². The molecular formula is C24H23N5O2S2. The summed E-state index contributed by atoms with van der Waals surface area (Å²) in [5, 5.41) is 3.70. The molecule has 1 fully saturated rings. The van der Waals surface area contributed by atoms with Crippen LogP contribution in [-0.2, 0) is 0 Å². The molecule has 4 heterocycles. The highest BCUT2D eigenvalue weighted by Gasteiger charge is 2.33. The Labute approximate surface area is 199 Å². The van der Waals surface area contributed by atoms with E-state index in [1.165, 1.54) is 11.3 Å². The molecule has 9 heteroatoms. The van der Waals surface area contributed by atoms with E-state index in [0.717, 1.165) is 32.4 Å². The predicted molar refractivity (Wildman–Crippen MR) is 132 cm³/mol. The van der Waals surface area contributed by atoms with E-state index in [4.69, 9.17) is 0 Å². The number of aryl methyl sites for hydroxylation is 2. The topological polar surface area (TPSA) is 79.6 Å². The fourth-order valence-corrected chi connectivity index (χ4v) is 6.05. The Hall–Kier alpha value is -3.17. The average molecular weight is 478 g/mol. The van der Waals surface area contributed by atoms with Crippen molar-refractivity contribution in [2.75, 3.05) is 18.8 Å². The first-order valence-electron chi connectivity index (χ1n) is 10.7. The zero-order chi connectivity index (χ0) is 22.9. The van der Waals surface area contributed by atoms with E-state index in [1.807, 2.05) is 61.3 Å². The van der Waals surface area contributed by atoms with Gasteiger partial charge in [0.25, 0.3) is 11.8 Å². The molecule has 7 nitrogen and oxygen atoms in total. The monoisotopic (exact) mass is 477 g/mol. The minimum Gasteiger partial charge on any atom is -0.348 e. The summed E-state index contributed by atoms with van der Waals surface area (Å²) < 4.78 is 1.76. The number of amides is 2. The van der Waals surface area contributed by atoms with Gasteiger partial charge in [-0.15, -0.1) is 23.1 Å². The Balaban J connectivity index is 1.33. The molecule has 1 atom stereocenters. The van der Waals surface area contributed by atoms with Crippen LogP contribution in [0.3, 0.4) is 0 Å². The van der Waals surface area contributed by atoms with Crippen molar-refractivity contribution < 1.29 is 9.59 Å². The van der Waals surface area contributed by atoms with E-state index >= 15 is 0 Å². The van der Waals surface area contributed by atoms with Crippen LogP contribution in [0, 0.1) is 13.8 Å². The SMILES string of the molecule is Cc1cccc(-c2sc(C)nc2C(=O)N2CCSC2CNC(=O)c2cnc3ccccn23)c1. The maximum Gasteiger partial charge on any atom is 0.274 e. The fourth-order valence-electron chi connectivity index (χ4n) is 3.98. The molecule has 0 radical (unpaired) electrons. The smallest absolute Gasteiger partial charge is 0.274 e. The largest absolute Gasteiger partial charge is 0.348 e. The van der Waals surface area contributed by atoms with E-state index < -0.39 is 0 Å². The van der Waals surface area contributed by atoms with Crippen LogP contribution in [0.15, 0.2) is 54.9 Å². The van der Waals surface area contributed by atoms with Crippen LogP contribution in [0.4, 0.5) is 0 Å². The fraction of sp³-hybridized carbons (Fsp3) is 0.250. The maximum absolute atomic E-state index is 13.5. The summed E-state index contributed by atoms with van der Waals surface area (Å²) in [6.45, 7) is 4.95. The summed E-state index contributed by atoms with van der Waals surface area (Å²) in [7, 11) is 0. The number of hydrogen-bond acceptors (Lipinski definition) is 6. The van der Waals surface area contributed by atoms with E-state index in [-0.39, 0.29) is 17.2 Å². The first kappa shape index (κ1) is 21.7. The van der Waals surface area contributed by atoms with Crippen molar-refractivity contribution >= 4 is 40.6 Å². The second kappa shape index (κ2) is 8.99. The lowest BCUT2D eigenvalue weighted by Gasteiger charge is -2.23. The number of rotatable bonds is 5. The highest BCUT2D eigenvalue weighted by atomic mass is 32.2. The number of thiazole rings is 1.